The Morgan fingerprint density at radius 2 is 2.08 bits per heavy atom. The number of methoxy groups -OCH3 is 1. The molecule has 144 valence electrons. The molecule has 3 rings (SSSR count). The summed E-state index contributed by atoms with van der Waals surface area (Å²) in [5, 5.41) is 14.1. The van der Waals surface area contributed by atoms with E-state index in [2.05, 4.69) is 10.00 Å². The molecule has 1 saturated carbocycles. The van der Waals surface area contributed by atoms with Gasteiger partial charge in [0, 0.05) is 39.2 Å². The van der Waals surface area contributed by atoms with Crippen LogP contribution in [0, 0.1) is 5.92 Å². The highest BCUT2D eigenvalue weighted by atomic mass is 16.5. The van der Waals surface area contributed by atoms with Gasteiger partial charge in [0.1, 0.15) is 0 Å². The van der Waals surface area contributed by atoms with Crippen LogP contribution in [0.25, 0.3) is 0 Å². The van der Waals surface area contributed by atoms with Gasteiger partial charge in [0.2, 0.25) is 0 Å². The van der Waals surface area contributed by atoms with Crippen molar-refractivity contribution in [2.75, 3.05) is 26.7 Å². The monoisotopic (exact) mass is 363 g/mol. The molecule has 0 unspecified atom stereocenters. The molecule has 7 heteroatoms. The van der Waals surface area contributed by atoms with Gasteiger partial charge in [0.05, 0.1) is 11.8 Å². The van der Waals surface area contributed by atoms with Crippen LogP contribution in [0.3, 0.4) is 0 Å². The van der Waals surface area contributed by atoms with Crippen molar-refractivity contribution in [3.8, 4) is 0 Å². The highest BCUT2D eigenvalue weighted by Gasteiger charge is 2.31. The fourth-order valence-electron chi connectivity index (χ4n) is 3.55. The Balaban J connectivity index is 1.82. The number of likely N-dealkylation sites (tertiary alicyclic amines) is 1. The van der Waals surface area contributed by atoms with Gasteiger partial charge in [0.15, 0.2) is 6.04 Å². The fourth-order valence-corrected chi connectivity index (χ4v) is 3.55. The fraction of sp³-hybridized carbons (Fsp3) is 0.737. The number of carboxylic acid groups (broad SMARTS) is 1. The third kappa shape index (κ3) is 4.32. The van der Waals surface area contributed by atoms with Crippen molar-refractivity contribution in [3.63, 3.8) is 0 Å². The molecule has 1 aromatic heterocycles. The van der Waals surface area contributed by atoms with E-state index in [1.807, 2.05) is 13.8 Å². The highest BCUT2D eigenvalue weighted by molar-refractivity contribution is 5.71. The number of rotatable bonds is 9. The number of carbonyl (C=O) groups is 1. The van der Waals surface area contributed by atoms with Gasteiger partial charge < -0.3 is 9.84 Å². The molecule has 1 aliphatic heterocycles. The lowest BCUT2D eigenvalue weighted by molar-refractivity contribution is -0.141. The Labute approximate surface area is 154 Å². The van der Waals surface area contributed by atoms with Crippen LogP contribution in [0.1, 0.15) is 56.3 Å². The van der Waals surface area contributed by atoms with Crippen LogP contribution in [0.5, 0.6) is 0 Å². The normalized spacial score (nSPS) is 19.5. The van der Waals surface area contributed by atoms with Crippen LogP contribution in [-0.4, -0.2) is 58.6 Å². The summed E-state index contributed by atoms with van der Waals surface area (Å²) >= 11 is 0. The zero-order valence-corrected chi connectivity index (χ0v) is 15.9. The minimum atomic E-state index is -0.996. The molecular weight excluding hydrogens is 334 g/mol. The Bertz CT molecular complexity index is 705. The number of aliphatic carboxylic acids is 1. The Hall–Kier alpha value is -1.73. The number of nitrogens with zero attached hydrogens (tertiary/aromatic N) is 3. The van der Waals surface area contributed by atoms with Crippen LogP contribution in [0.4, 0.5) is 0 Å². The van der Waals surface area contributed by atoms with Gasteiger partial charge in [-0.1, -0.05) is 13.8 Å². The van der Waals surface area contributed by atoms with Crippen LogP contribution in [-0.2, 0) is 16.0 Å². The third-order valence-electron chi connectivity index (χ3n) is 5.28. The molecule has 0 spiro atoms. The van der Waals surface area contributed by atoms with Gasteiger partial charge in [-0.15, -0.1) is 0 Å². The van der Waals surface area contributed by atoms with E-state index in [1.165, 1.54) is 4.68 Å². The van der Waals surface area contributed by atoms with Gasteiger partial charge >= 0.3 is 5.97 Å². The van der Waals surface area contributed by atoms with Crippen LogP contribution in [0.2, 0.25) is 0 Å². The van der Waals surface area contributed by atoms with Crippen molar-refractivity contribution < 1.29 is 14.6 Å². The summed E-state index contributed by atoms with van der Waals surface area (Å²) in [6.07, 6.45) is 3.61. The maximum absolute atomic E-state index is 12.5. The molecule has 1 aliphatic carbocycles. The van der Waals surface area contributed by atoms with E-state index in [0.29, 0.717) is 18.4 Å². The summed E-state index contributed by atoms with van der Waals surface area (Å²) in [5.41, 5.74) is 1.60. The van der Waals surface area contributed by atoms with Gasteiger partial charge in [-0.25, -0.2) is 9.48 Å². The summed E-state index contributed by atoms with van der Waals surface area (Å²) in [4.78, 5) is 26.5. The molecule has 26 heavy (non-hydrogen) atoms. The number of hydrogen-bond donors (Lipinski definition) is 1. The van der Waals surface area contributed by atoms with Gasteiger partial charge in [-0.3, -0.25) is 9.69 Å². The molecule has 7 nitrogen and oxygen atoms in total. The smallest absolute Gasteiger partial charge is 0.328 e. The lowest BCUT2D eigenvalue weighted by atomic mass is 10.0. The van der Waals surface area contributed by atoms with E-state index < -0.39 is 12.0 Å². The molecule has 2 heterocycles. The molecular formula is C19H29N3O4. The van der Waals surface area contributed by atoms with Crippen molar-refractivity contribution in [3.05, 3.63) is 27.7 Å². The predicted molar refractivity (Wildman–Crippen MR) is 97.5 cm³/mol. The van der Waals surface area contributed by atoms with Crippen LogP contribution in [0.15, 0.2) is 10.9 Å². The third-order valence-corrected chi connectivity index (χ3v) is 5.28. The first-order valence-corrected chi connectivity index (χ1v) is 9.49. The molecule has 0 aromatic carbocycles. The van der Waals surface area contributed by atoms with Crippen molar-refractivity contribution in [2.24, 2.45) is 5.92 Å². The van der Waals surface area contributed by atoms with E-state index in [0.717, 1.165) is 50.2 Å². The first kappa shape index (κ1) is 19.0. The molecule has 1 aromatic rings. The van der Waals surface area contributed by atoms with Crippen LogP contribution >= 0.6 is 0 Å². The lowest BCUT2D eigenvalue weighted by Gasteiger charge is -2.38. The van der Waals surface area contributed by atoms with Crippen molar-refractivity contribution in [2.45, 2.75) is 57.6 Å². The molecule has 1 saturated heterocycles. The Kier molecular flexibility index (Phi) is 5.77. The minimum absolute atomic E-state index is 0.170. The maximum atomic E-state index is 12.5. The average molecular weight is 363 g/mol. The van der Waals surface area contributed by atoms with Crippen molar-refractivity contribution in [1.82, 2.24) is 14.7 Å². The van der Waals surface area contributed by atoms with E-state index in [4.69, 9.17) is 4.74 Å². The maximum Gasteiger partial charge on any atom is 0.328 e. The summed E-state index contributed by atoms with van der Waals surface area (Å²) < 4.78 is 6.49. The topological polar surface area (TPSA) is 84.7 Å². The second kappa shape index (κ2) is 7.88. The summed E-state index contributed by atoms with van der Waals surface area (Å²) in [7, 11) is 1.73. The van der Waals surface area contributed by atoms with Crippen molar-refractivity contribution in [1.29, 1.82) is 0 Å². The van der Waals surface area contributed by atoms with Gasteiger partial charge in [0.25, 0.3) is 5.56 Å². The zero-order chi connectivity index (χ0) is 18.8. The molecule has 2 fully saturated rings. The zero-order valence-electron chi connectivity index (χ0n) is 15.9. The average Bonchev–Trinajstić information content (AvgIpc) is 3.36. The number of hydrogen-bond acceptors (Lipinski definition) is 5. The molecule has 1 atom stereocenters. The Morgan fingerprint density at radius 3 is 2.62 bits per heavy atom. The summed E-state index contributed by atoms with van der Waals surface area (Å²) in [6.45, 7) is 6.60. The SMILES string of the molecule is COC1CN(CCc2nn([C@@H](CC(C)C)C(=O)O)c(=O)cc2C2CC2)C1. The van der Waals surface area contributed by atoms with Gasteiger partial charge in [-0.2, -0.15) is 5.10 Å². The second-order valence-corrected chi connectivity index (χ2v) is 7.95. The Morgan fingerprint density at radius 1 is 1.38 bits per heavy atom. The molecule has 0 bridgehead atoms. The first-order chi connectivity index (χ1) is 12.4. The number of carboxylic acids is 1. The summed E-state index contributed by atoms with van der Waals surface area (Å²) in [5.74, 6) is -0.413. The predicted octanol–water partition coefficient (Wildman–Crippen LogP) is 1.67. The first-order valence-electron chi connectivity index (χ1n) is 9.49. The largest absolute Gasteiger partial charge is 0.480 e. The van der Waals surface area contributed by atoms with Gasteiger partial charge in [-0.05, 0) is 36.7 Å². The minimum Gasteiger partial charge on any atom is -0.480 e. The van der Waals surface area contributed by atoms with E-state index in [-0.39, 0.29) is 11.5 Å². The van der Waals surface area contributed by atoms with Crippen molar-refractivity contribution >= 4 is 5.97 Å². The second-order valence-electron chi connectivity index (χ2n) is 7.95. The number of ether oxygens (including phenoxy) is 1. The van der Waals surface area contributed by atoms with E-state index in [9.17, 15) is 14.7 Å². The molecule has 2 aliphatic rings. The molecule has 0 amide bonds. The van der Waals surface area contributed by atoms with E-state index >= 15 is 0 Å². The molecule has 1 N–H and O–H groups in total. The van der Waals surface area contributed by atoms with Crippen LogP contribution < -0.4 is 5.56 Å². The van der Waals surface area contributed by atoms with E-state index in [1.54, 1.807) is 13.2 Å². The summed E-state index contributed by atoms with van der Waals surface area (Å²) in [6, 6.07) is 0.723. The standard InChI is InChI=1S/C19H29N3O4/c1-12(2)8-17(19(24)25)22-18(23)9-15(13-4-5-13)16(20-22)6-7-21-10-14(11-21)26-3/h9,12-14,17H,4-8,10-11H2,1-3H3,(H,24,25)/t17-/m0/s1. The highest BCUT2D eigenvalue weighted by Crippen LogP contribution is 2.41. The quantitative estimate of drug-likeness (QED) is 0.718. The lowest BCUT2D eigenvalue weighted by Crippen LogP contribution is -2.52. The number of aromatic nitrogens is 2. The molecule has 0 radical (unpaired) electrons.